The summed E-state index contributed by atoms with van der Waals surface area (Å²) in [5, 5.41) is 3.45. The smallest absolute Gasteiger partial charge is 0.332 e. The first-order valence-corrected chi connectivity index (χ1v) is 6.50. The van der Waals surface area contributed by atoms with Gasteiger partial charge in [0.25, 0.3) is 5.88 Å². The van der Waals surface area contributed by atoms with Crippen molar-refractivity contribution in [3.05, 3.63) is 41.1 Å². The van der Waals surface area contributed by atoms with Crippen molar-refractivity contribution in [3.63, 3.8) is 0 Å². The van der Waals surface area contributed by atoms with Crippen LogP contribution in [0.3, 0.4) is 0 Å². The van der Waals surface area contributed by atoms with Gasteiger partial charge in [-0.25, -0.2) is 15.2 Å². The first-order valence-electron chi connectivity index (χ1n) is 6.12. The molecule has 3 N–H and O–H groups in total. The van der Waals surface area contributed by atoms with Crippen molar-refractivity contribution in [1.29, 1.82) is 0 Å². The summed E-state index contributed by atoms with van der Waals surface area (Å²) in [5.74, 6) is -0.637. The molecule has 2 rings (SSSR count). The van der Waals surface area contributed by atoms with E-state index in [1.807, 2.05) is 5.43 Å². The minimum absolute atomic E-state index is 0.163. The van der Waals surface area contributed by atoms with Crippen LogP contribution in [0.25, 0.3) is 0 Å². The van der Waals surface area contributed by atoms with Crippen LogP contribution in [0.5, 0.6) is 17.4 Å². The quantitative estimate of drug-likeness (QED) is 0.492. The number of carbonyl (C=O) groups excluding carboxylic acids is 1. The Labute approximate surface area is 135 Å². The number of rotatable bonds is 5. The van der Waals surface area contributed by atoms with Gasteiger partial charge in [-0.1, -0.05) is 0 Å². The number of hydrogen-bond donors (Lipinski definition) is 2. The molecule has 0 radical (unpaired) electrons. The SMILES string of the molecule is COc1ccc(/C=N\NC(N)=O)cc1Oc1nc(Cl)ncc1F. The van der Waals surface area contributed by atoms with Crippen LogP contribution in [0.15, 0.2) is 29.5 Å². The van der Waals surface area contributed by atoms with E-state index in [1.165, 1.54) is 19.4 Å². The minimum Gasteiger partial charge on any atom is -0.493 e. The lowest BCUT2D eigenvalue weighted by atomic mass is 10.2. The molecule has 1 heterocycles. The summed E-state index contributed by atoms with van der Waals surface area (Å²) in [6, 6.07) is 3.91. The number of nitrogens with one attached hydrogen (secondary N) is 1. The van der Waals surface area contributed by atoms with Crippen molar-refractivity contribution in [2.75, 3.05) is 7.11 Å². The fourth-order valence-electron chi connectivity index (χ4n) is 1.53. The highest BCUT2D eigenvalue weighted by atomic mass is 35.5. The van der Waals surface area contributed by atoms with Gasteiger partial charge in [0.1, 0.15) is 0 Å². The van der Waals surface area contributed by atoms with E-state index in [9.17, 15) is 9.18 Å². The van der Waals surface area contributed by atoms with Gasteiger partial charge in [0.15, 0.2) is 11.5 Å². The van der Waals surface area contributed by atoms with Crippen molar-refractivity contribution in [2.45, 2.75) is 0 Å². The van der Waals surface area contributed by atoms with E-state index in [0.717, 1.165) is 6.20 Å². The maximum atomic E-state index is 13.6. The lowest BCUT2D eigenvalue weighted by Gasteiger charge is -2.10. The zero-order chi connectivity index (χ0) is 16.8. The summed E-state index contributed by atoms with van der Waals surface area (Å²) < 4.78 is 24.1. The number of aromatic nitrogens is 2. The van der Waals surface area contributed by atoms with Crippen LogP contribution >= 0.6 is 11.6 Å². The van der Waals surface area contributed by atoms with Gasteiger partial charge in [-0.15, -0.1) is 0 Å². The minimum atomic E-state index is -0.802. The number of hydrazone groups is 1. The molecule has 1 aromatic carbocycles. The Morgan fingerprint density at radius 3 is 2.96 bits per heavy atom. The second kappa shape index (κ2) is 7.36. The molecule has 0 saturated carbocycles. The second-order valence-corrected chi connectivity index (χ2v) is 4.38. The van der Waals surface area contributed by atoms with Gasteiger partial charge < -0.3 is 15.2 Å². The van der Waals surface area contributed by atoms with Crippen molar-refractivity contribution < 1.29 is 18.7 Å². The summed E-state index contributed by atoms with van der Waals surface area (Å²) in [7, 11) is 1.42. The average molecular weight is 340 g/mol. The fourth-order valence-corrected chi connectivity index (χ4v) is 1.66. The molecule has 23 heavy (non-hydrogen) atoms. The first kappa shape index (κ1) is 16.4. The van der Waals surface area contributed by atoms with Crippen molar-refractivity contribution in [1.82, 2.24) is 15.4 Å². The summed E-state index contributed by atoms with van der Waals surface area (Å²) in [5.41, 5.74) is 7.47. The van der Waals surface area contributed by atoms with Gasteiger partial charge in [0.2, 0.25) is 11.1 Å². The molecule has 10 heteroatoms. The van der Waals surface area contributed by atoms with E-state index in [2.05, 4.69) is 15.1 Å². The number of urea groups is 1. The van der Waals surface area contributed by atoms with Crippen LogP contribution in [-0.2, 0) is 0 Å². The first-order chi connectivity index (χ1) is 11.0. The van der Waals surface area contributed by atoms with E-state index in [4.69, 9.17) is 26.8 Å². The van der Waals surface area contributed by atoms with Gasteiger partial charge in [-0.05, 0) is 35.4 Å². The summed E-state index contributed by atoms with van der Waals surface area (Å²) >= 11 is 5.61. The third-order valence-corrected chi connectivity index (χ3v) is 2.65. The largest absolute Gasteiger partial charge is 0.493 e. The molecule has 8 nitrogen and oxygen atoms in total. The molecule has 0 unspecified atom stereocenters. The van der Waals surface area contributed by atoms with Crippen LogP contribution in [0.4, 0.5) is 9.18 Å². The lowest BCUT2D eigenvalue weighted by molar-refractivity contribution is 0.249. The molecular formula is C13H11ClFN5O3. The van der Waals surface area contributed by atoms with Crippen LogP contribution in [-0.4, -0.2) is 29.3 Å². The number of halogens is 2. The second-order valence-electron chi connectivity index (χ2n) is 4.04. The maximum absolute atomic E-state index is 13.6. The van der Waals surface area contributed by atoms with E-state index in [0.29, 0.717) is 11.3 Å². The predicted molar refractivity (Wildman–Crippen MR) is 80.4 cm³/mol. The number of nitrogens with zero attached hydrogens (tertiary/aromatic N) is 3. The van der Waals surface area contributed by atoms with Gasteiger partial charge in [0, 0.05) is 0 Å². The highest BCUT2D eigenvalue weighted by Crippen LogP contribution is 2.32. The van der Waals surface area contributed by atoms with Crippen molar-refractivity contribution in [2.24, 2.45) is 10.8 Å². The van der Waals surface area contributed by atoms with Gasteiger partial charge in [0.05, 0.1) is 19.5 Å². The molecule has 0 fully saturated rings. The number of benzene rings is 1. The number of carbonyl (C=O) groups is 1. The Balaban J connectivity index is 2.30. The molecule has 2 amide bonds. The molecule has 2 aromatic rings. The van der Waals surface area contributed by atoms with E-state index in [1.54, 1.807) is 12.1 Å². The molecule has 0 aliphatic rings. The molecule has 120 valence electrons. The molecule has 0 aliphatic heterocycles. The maximum Gasteiger partial charge on any atom is 0.332 e. The van der Waals surface area contributed by atoms with Crippen LogP contribution < -0.4 is 20.6 Å². The Hall–Kier alpha value is -2.94. The number of ether oxygens (including phenoxy) is 2. The van der Waals surface area contributed by atoms with Gasteiger partial charge >= 0.3 is 6.03 Å². The predicted octanol–water partition coefficient (Wildman–Crippen LogP) is 2.07. The highest BCUT2D eigenvalue weighted by molar-refractivity contribution is 6.28. The van der Waals surface area contributed by atoms with Gasteiger partial charge in [-0.3, -0.25) is 0 Å². The number of amides is 2. The molecule has 0 aliphatic carbocycles. The monoisotopic (exact) mass is 339 g/mol. The van der Waals surface area contributed by atoms with Crippen LogP contribution in [0.1, 0.15) is 5.56 Å². The Morgan fingerprint density at radius 2 is 2.26 bits per heavy atom. The third-order valence-electron chi connectivity index (χ3n) is 2.47. The van der Waals surface area contributed by atoms with E-state index >= 15 is 0 Å². The number of nitrogens with two attached hydrogens (primary N) is 1. The molecular weight excluding hydrogens is 329 g/mol. The summed E-state index contributed by atoms with van der Waals surface area (Å²) in [6.07, 6.45) is 2.21. The standard InChI is InChI=1S/C13H11ClFN5O3/c1-22-9-3-2-7(5-18-20-13(16)21)4-10(9)23-11-8(15)6-17-12(14)19-11/h2-6H,1H3,(H3,16,20,21)/b18-5-. The molecule has 1 aromatic heterocycles. The average Bonchev–Trinajstić information content (AvgIpc) is 2.51. The number of primary amides is 1. The van der Waals surface area contributed by atoms with Crippen molar-refractivity contribution >= 4 is 23.8 Å². The Bertz CT molecular complexity index is 756. The lowest BCUT2D eigenvalue weighted by Crippen LogP contribution is -2.24. The number of methoxy groups -OCH3 is 1. The van der Waals surface area contributed by atoms with Crippen LogP contribution in [0, 0.1) is 5.82 Å². The Kier molecular flexibility index (Phi) is 5.26. The Morgan fingerprint density at radius 1 is 1.48 bits per heavy atom. The molecule has 0 atom stereocenters. The fraction of sp³-hybridized carbons (Fsp3) is 0.0769. The van der Waals surface area contributed by atoms with E-state index in [-0.39, 0.29) is 16.9 Å². The zero-order valence-electron chi connectivity index (χ0n) is 11.8. The zero-order valence-corrected chi connectivity index (χ0v) is 12.5. The van der Waals surface area contributed by atoms with Crippen molar-refractivity contribution in [3.8, 4) is 17.4 Å². The van der Waals surface area contributed by atoms with Crippen LogP contribution in [0.2, 0.25) is 5.28 Å². The summed E-state index contributed by atoms with van der Waals surface area (Å²) in [4.78, 5) is 17.7. The number of hydrogen-bond acceptors (Lipinski definition) is 6. The molecule has 0 saturated heterocycles. The third kappa shape index (κ3) is 4.51. The topological polar surface area (TPSA) is 112 Å². The molecule has 0 spiro atoms. The normalized spacial score (nSPS) is 10.6. The van der Waals surface area contributed by atoms with Gasteiger partial charge in [-0.2, -0.15) is 14.5 Å². The summed E-state index contributed by atoms with van der Waals surface area (Å²) in [6.45, 7) is 0. The highest BCUT2D eigenvalue weighted by Gasteiger charge is 2.12. The molecule has 0 bridgehead atoms. The van der Waals surface area contributed by atoms with E-state index < -0.39 is 11.8 Å².